The largest absolute Gasteiger partial charge is 0.497 e. The van der Waals surface area contributed by atoms with Crippen LogP contribution in [0.4, 0.5) is 5.69 Å². The van der Waals surface area contributed by atoms with Gasteiger partial charge in [-0.25, -0.2) is 8.42 Å². The number of hydrogen-bond acceptors (Lipinski definition) is 5. The Kier molecular flexibility index (Phi) is 6.66. The molecule has 0 bridgehead atoms. The fourth-order valence-electron chi connectivity index (χ4n) is 3.22. The van der Waals surface area contributed by atoms with Crippen LogP contribution < -0.4 is 14.4 Å². The van der Waals surface area contributed by atoms with Gasteiger partial charge in [0.25, 0.3) is 0 Å². The molecule has 29 heavy (non-hydrogen) atoms. The predicted octanol–water partition coefficient (Wildman–Crippen LogP) is 2.36. The monoisotopic (exact) mass is 437 g/mol. The second-order valence-electron chi connectivity index (χ2n) is 6.81. The molecular weight excluding hydrogens is 414 g/mol. The molecule has 0 aromatic heterocycles. The van der Waals surface area contributed by atoms with Gasteiger partial charge in [0.1, 0.15) is 5.75 Å². The van der Waals surface area contributed by atoms with Crippen molar-refractivity contribution in [2.24, 2.45) is 0 Å². The fourth-order valence-corrected chi connectivity index (χ4v) is 4.54. The maximum Gasteiger partial charge on any atom is 0.241 e. The lowest BCUT2D eigenvalue weighted by atomic mass is 10.2. The van der Waals surface area contributed by atoms with Crippen molar-refractivity contribution >= 4 is 33.2 Å². The molecule has 1 heterocycles. The number of hydrogen-bond donors (Lipinski definition) is 1. The summed E-state index contributed by atoms with van der Waals surface area (Å²) in [7, 11) is -2.17. The van der Waals surface area contributed by atoms with Crippen LogP contribution in [0.15, 0.2) is 53.4 Å². The second kappa shape index (κ2) is 9.02. The summed E-state index contributed by atoms with van der Waals surface area (Å²) in [6, 6.07) is 12.7. The summed E-state index contributed by atoms with van der Waals surface area (Å²) in [5.41, 5.74) is 1.06. The van der Waals surface area contributed by atoms with E-state index in [1.807, 2.05) is 24.3 Å². The second-order valence-corrected chi connectivity index (χ2v) is 8.96. The number of amides is 1. The minimum atomic E-state index is -3.80. The van der Waals surface area contributed by atoms with E-state index in [0.717, 1.165) is 11.4 Å². The molecular formula is C20H24ClN3O4S. The number of anilines is 1. The third-order valence-electron chi connectivity index (χ3n) is 4.86. The normalized spacial score (nSPS) is 15.8. The van der Waals surface area contributed by atoms with Gasteiger partial charge in [-0.2, -0.15) is 4.72 Å². The molecule has 3 rings (SSSR count). The van der Waals surface area contributed by atoms with Crippen molar-refractivity contribution in [3.63, 3.8) is 0 Å². The number of methoxy groups -OCH3 is 1. The van der Waals surface area contributed by atoms with E-state index in [0.29, 0.717) is 31.2 Å². The lowest BCUT2D eigenvalue weighted by Crippen LogP contribution is -2.54. The van der Waals surface area contributed by atoms with Crippen LogP contribution in [-0.2, 0) is 14.8 Å². The van der Waals surface area contributed by atoms with Crippen LogP contribution in [0.5, 0.6) is 5.75 Å². The van der Waals surface area contributed by atoms with Crippen LogP contribution in [-0.4, -0.2) is 58.6 Å². The number of carbonyl (C=O) groups is 1. The van der Waals surface area contributed by atoms with Crippen molar-refractivity contribution in [3.8, 4) is 5.75 Å². The third-order valence-corrected chi connectivity index (χ3v) is 6.66. The SMILES string of the molecule is COc1ccc(N2CCN(C(=O)[C@@H](C)NS(=O)(=O)c3ccc(Cl)cc3)CC2)cc1. The van der Waals surface area contributed by atoms with Gasteiger partial charge in [0, 0.05) is 36.9 Å². The molecule has 2 aromatic carbocycles. The zero-order chi connectivity index (χ0) is 21.0. The summed E-state index contributed by atoms with van der Waals surface area (Å²) in [5, 5.41) is 0.447. The van der Waals surface area contributed by atoms with E-state index in [1.165, 1.54) is 24.3 Å². The molecule has 1 aliphatic rings. The Morgan fingerprint density at radius 3 is 2.17 bits per heavy atom. The average molecular weight is 438 g/mol. The van der Waals surface area contributed by atoms with Crippen molar-refractivity contribution in [1.29, 1.82) is 0 Å². The van der Waals surface area contributed by atoms with Crippen molar-refractivity contribution < 1.29 is 17.9 Å². The molecule has 1 amide bonds. The Morgan fingerprint density at radius 2 is 1.62 bits per heavy atom. The molecule has 1 aliphatic heterocycles. The van der Waals surface area contributed by atoms with E-state index in [9.17, 15) is 13.2 Å². The van der Waals surface area contributed by atoms with Gasteiger partial charge in [0.05, 0.1) is 18.0 Å². The van der Waals surface area contributed by atoms with Gasteiger partial charge in [0.2, 0.25) is 15.9 Å². The quantitative estimate of drug-likeness (QED) is 0.750. The molecule has 0 aliphatic carbocycles. The zero-order valence-electron chi connectivity index (χ0n) is 16.3. The molecule has 1 fully saturated rings. The first-order valence-electron chi connectivity index (χ1n) is 9.26. The number of nitrogens with zero attached hydrogens (tertiary/aromatic N) is 2. The number of benzene rings is 2. The first kappa shape index (κ1) is 21.4. The molecule has 9 heteroatoms. The first-order chi connectivity index (χ1) is 13.8. The van der Waals surface area contributed by atoms with Crippen LogP contribution in [0.1, 0.15) is 6.92 Å². The highest BCUT2D eigenvalue weighted by molar-refractivity contribution is 7.89. The van der Waals surface area contributed by atoms with Crippen molar-refractivity contribution in [2.45, 2.75) is 17.9 Å². The smallest absolute Gasteiger partial charge is 0.241 e. The summed E-state index contributed by atoms with van der Waals surface area (Å²) in [6.45, 7) is 3.96. The number of carbonyl (C=O) groups excluding carboxylic acids is 1. The molecule has 0 radical (unpaired) electrons. The van der Waals surface area contributed by atoms with Crippen LogP contribution in [0.3, 0.4) is 0 Å². The van der Waals surface area contributed by atoms with Gasteiger partial charge in [-0.15, -0.1) is 0 Å². The van der Waals surface area contributed by atoms with Crippen molar-refractivity contribution in [3.05, 3.63) is 53.6 Å². The lowest BCUT2D eigenvalue weighted by Gasteiger charge is -2.37. The van der Waals surface area contributed by atoms with Crippen LogP contribution in [0.25, 0.3) is 0 Å². The van der Waals surface area contributed by atoms with E-state index < -0.39 is 16.1 Å². The Labute approximate surface area is 176 Å². The fraction of sp³-hybridized carbons (Fsp3) is 0.350. The number of sulfonamides is 1. The van der Waals surface area contributed by atoms with Gasteiger partial charge in [-0.05, 0) is 55.5 Å². The Morgan fingerprint density at radius 1 is 1.03 bits per heavy atom. The van der Waals surface area contributed by atoms with E-state index in [-0.39, 0.29) is 10.8 Å². The number of piperazine rings is 1. The van der Waals surface area contributed by atoms with Crippen LogP contribution >= 0.6 is 11.6 Å². The summed E-state index contributed by atoms with van der Waals surface area (Å²) < 4.78 is 32.6. The van der Waals surface area contributed by atoms with Gasteiger partial charge >= 0.3 is 0 Å². The molecule has 1 N–H and O–H groups in total. The molecule has 0 saturated carbocycles. The molecule has 0 spiro atoms. The number of nitrogens with one attached hydrogen (secondary N) is 1. The van der Waals surface area contributed by atoms with Gasteiger partial charge in [0.15, 0.2) is 0 Å². The average Bonchev–Trinajstić information content (AvgIpc) is 2.73. The van der Waals surface area contributed by atoms with Crippen LogP contribution in [0, 0.1) is 0 Å². The highest BCUT2D eigenvalue weighted by Crippen LogP contribution is 2.21. The van der Waals surface area contributed by atoms with Gasteiger partial charge < -0.3 is 14.5 Å². The predicted molar refractivity (Wildman–Crippen MR) is 113 cm³/mol. The van der Waals surface area contributed by atoms with Crippen molar-refractivity contribution in [2.75, 3.05) is 38.2 Å². The topological polar surface area (TPSA) is 79.0 Å². The van der Waals surface area contributed by atoms with E-state index in [1.54, 1.807) is 18.9 Å². The first-order valence-corrected chi connectivity index (χ1v) is 11.1. The number of halogens is 1. The van der Waals surface area contributed by atoms with E-state index in [4.69, 9.17) is 16.3 Å². The molecule has 2 aromatic rings. The summed E-state index contributed by atoms with van der Waals surface area (Å²) >= 11 is 5.80. The minimum absolute atomic E-state index is 0.0749. The Bertz CT molecular complexity index is 941. The highest BCUT2D eigenvalue weighted by Gasteiger charge is 2.28. The summed E-state index contributed by atoms with van der Waals surface area (Å²) in [5.74, 6) is 0.557. The van der Waals surface area contributed by atoms with E-state index in [2.05, 4.69) is 9.62 Å². The molecule has 7 nitrogen and oxygen atoms in total. The zero-order valence-corrected chi connectivity index (χ0v) is 17.9. The van der Waals surface area contributed by atoms with Gasteiger partial charge in [-0.1, -0.05) is 11.6 Å². The lowest BCUT2D eigenvalue weighted by molar-refractivity contribution is -0.132. The summed E-state index contributed by atoms with van der Waals surface area (Å²) in [6.07, 6.45) is 0. The standard InChI is InChI=1S/C20H24ClN3O4S/c1-15(22-29(26,27)19-9-3-16(21)4-10-19)20(25)24-13-11-23(12-14-24)17-5-7-18(28-2)8-6-17/h3-10,15,22H,11-14H2,1-2H3/t15-/m1/s1. The van der Waals surface area contributed by atoms with Crippen molar-refractivity contribution in [1.82, 2.24) is 9.62 Å². The number of ether oxygens (including phenoxy) is 1. The molecule has 1 saturated heterocycles. The maximum absolute atomic E-state index is 12.7. The Balaban J connectivity index is 1.57. The van der Waals surface area contributed by atoms with Crippen LogP contribution in [0.2, 0.25) is 5.02 Å². The maximum atomic E-state index is 12.7. The third kappa shape index (κ3) is 5.20. The summed E-state index contributed by atoms with van der Waals surface area (Å²) in [4.78, 5) is 16.7. The molecule has 156 valence electrons. The number of rotatable bonds is 6. The Hall–Kier alpha value is -2.29. The molecule has 0 unspecified atom stereocenters. The van der Waals surface area contributed by atoms with Gasteiger partial charge in [-0.3, -0.25) is 4.79 Å². The van der Waals surface area contributed by atoms with E-state index >= 15 is 0 Å². The molecule has 1 atom stereocenters. The highest BCUT2D eigenvalue weighted by atomic mass is 35.5. The minimum Gasteiger partial charge on any atom is -0.497 e.